The molecule has 3 unspecified atom stereocenters. The first kappa shape index (κ1) is 13.0. The Morgan fingerprint density at radius 3 is 2.47 bits per heavy atom. The fourth-order valence-corrected chi connectivity index (χ4v) is 2.06. The predicted octanol–water partition coefficient (Wildman–Crippen LogP) is 2.56. The molecule has 0 spiro atoms. The average Bonchev–Trinajstić information content (AvgIpc) is 3.06. The van der Waals surface area contributed by atoms with E-state index in [-0.39, 0.29) is 6.10 Å². The Morgan fingerprint density at radius 2 is 2.00 bits per heavy atom. The maximum atomic E-state index is 9.87. The molecule has 1 aliphatic rings. The predicted molar refractivity (Wildman–Crippen MR) is 64.9 cm³/mol. The van der Waals surface area contributed by atoms with E-state index in [0.29, 0.717) is 12.0 Å². The van der Waals surface area contributed by atoms with Gasteiger partial charge in [-0.3, -0.25) is 0 Å². The van der Waals surface area contributed by atoms with Crippen LogP contribution in [0.15, 0.2) is 0 Å². The Balaban J connectivity index is 2.20. The molecule has 2 nitrogen and oxygen atoms in total. The van der Waals surface area contributed by atoms with Gasteiger partial charge >= 0.3 is 0 Å². The number of hydrogen-bond donors (Lipinski definition) is 2. The molecule has 0 bridgehead atoms. The lowest BCUT2D eigenvalue weighted by Gasteiger charge is -2.22. The van der Waals surface area contributed by atoms with E-state index in [9.17, 15) is 5.11 Å². The molecule has 2 N–H and O–H groups in total. The number of rotatable bonds is 8. The van der Waals surface area contributed by atoms with Gasteiger partial charge in [0.2, 0.25) is 0 Å². The van der Waals surface area contributed by atoms with Gasteiger partial charge in [0.05, 0.1) is 6.10 Å². The first-order valence-corrected chi connectivity index (χ1v) is 6.60. The van der Waals surface area contributed by atoms with Crippen LogP contribution in [0.25, 0.3) is 0 Å². The minimum Gasteiger partial charge on any atom is -0.392 e. The minimum atomic E-state index is -0.173. The third-order valence-corrected chi connectivity index (χ3v) is 3.68. The van der Waals surface area contributed by atoms with E-state index in [0.717, 1.165) is 18.9 Å². The van der Waals surface area contributed by atoms with Gasteiger partial charge in [0.25, 0.3) is 0 Å². The van der Waals surface area contributed by atoms with Gasteiger partial charge in [0.15, 0.2) is 0 Å². The SMILES string of the molecule is CCCC(NCC(O)C(C)CC)C1CC1. The second-order valence-corrected chi connectivity index (χ2v) is 5.09. The van der Waals surface area contributed by atoms with Crippen molar-refractivity contribution in [3.05, 3.63) is 0 Å². The second-order valence-electron chi connectivity index (χ2n) is 5.09. The van der Waals surface area contributed by atoms with Crippen LogP contribution >= 0.6 is 0 Å². The molecule has 3 atom stereocenters. The molecular weight excluding hydrogens is 186 g/mol. The topological polar surface area (TPSA) is 32.3 Å². The molecule has 1 rings (SSSR count). The average molecular weight is 213 g/mol. The second kappa shape index (κ2) is 6.49. The van der Waals surface area contributed by atoms with Crippen molar-refractivity contribution < 1.29 is 5.11 Å². The van der Waals surface area contributed by atoms with E-state index in [1.165, 1.54) is 25.7 Å². The van der Waals surface area contributed by atoms with Gasteiger partial charge in [-0.25, -0.2) is 0 Å². The number of aliphatic hydroxyl groups is 1. The maximum absolute atomic E-state index is 9.87. The van der Waals surface area contributed by atoms with Crippen molar-refractivity contribution in [2.24, 2.45) is 11.8 Å². The zero-order chi connectivity index (χ0) is 11.3. The van der Waals surface area contributed by atoms with E-state index in [1.54, 1.807) is 0 Å². The highest BCUT2D eigenvalue weighted by Gasteiger charge is 2.30. The van der Waals surface area contributed by atoms with Gasteiger partial charge in [-0.2, -0.15) is 0 Å². The van der Waals surface area contributed by atoms with Crippen LogP contribution in [0.2, 0.25) is 0 Å². The highest BCUT2D eigenvalue weighted by molar-refractivity contribution is 4.86. The molecule has 0 radical (unpaired) electrons. The fraction of sp³-hybridized carbons (Fsp3) is 1.00. The van der Waals surface area contributed by atoms with E-state index < -0.39 is 0 Å². The van der Waals surface area contributed by atoms with E-state index in [4.69, 9.17) is 0 Å². The third-order valence-electron chi connectivity index (χ3n) is 3.68. The van der Waals surface area contributed by atoms with Crippen LogP contribution in [0, 0.1) is 11.8 Å². The smallest absolute Gasteiger partial charge is 0.0690 e. The lowest BCUT2D eigenvalue weighted by molar-refractivity contribution is 0.108. The molecule has 1 fully saturated rings. The zero-order valence-electron chi connectivity index (χ0n) is 10.5. The summed E-state index contributed by atoms with van der Waals surface area (Å²) in [5.74, 6) is 1.31. The monoisotopic (exact) mass is 213 g/mol. The van der Waals surface area contributed by atoms with Crippen molar-refractivity contribution in [2.75, 3.05) is 6.54 Å². The maximum Gasteiger partial charge on any atom is 0.0690 e. The van der Waals surface area contributed by atoms with Crippen molar-refractivity contribution in [3.8, 4) is 0 Å². The summed E-state index contributed by atoms with van der Waals surface area (Å²) in [5.41, 5.74) is 0. The molecule has 0 aromatic heterocycles. The molecule has 0 saturated heterocycles. The third kappa shape index (κ3) is 4.52. The normalized spacial score (nSPS) is 22.4. The van der Waals surface area contributed by atoms with Crippen molar-refractivity contribution >= 4 is 0 Å². The molecule has 15 heavy (non-hydrogen) atoms. The lowest BCUT2D eigenvalue weighted by atomic mass is 10.0. The Hall–Kier alpha value is -0.0800. The summed E-state index contributed by atoms with van der Waals surface area (Å²) in [6.07, 6.45) is 6.16. The van der Waals surface area contributed by atoms with Crippen LogP contribution in [0.4, 0.5) is 0 Å². The van der Waals surface area contributed by atoms with Crippen molar-refractivity contribution in [3.63, 3.8) is 0 Å². The molecule has 0 amide bonds. The molecule has 0 aliphatic heterocycles. The van der Waals surface area contributed by atoms with Crippen LogP contribution in [0.3, 0.4) is 0 Å². The first-order valence-electron chi connectivity index (χ1n) is 6.60. The summed E-state index contributed by atoms with van der Waals surface area (Å²) in [6.45, 7) is 7.27. The van der Waals surface area contributed by atoms with E-state index >= 15 is 0 Å². The molecule has 1 saturated carbocycles. The molecule has 0 heterocycles. The largest absolute Gasteiger partial charge is 0.392 e. The molecule has 1 aliphatic carbocycles. The van der Waals surface area contributed by atoms with Gasteiger partial charge in [0, 0.05) is 12.6 Å². The standard InChI is InChI=1S/C13H27NO/c1-4-6-12(11-7-8-11)14-9-13(15)10(3)5-2/h10-15H,4-9H2,1-3H3. The van der Waals surface area contributed by atoms with Crippen LogP contribution in [0.1, 0.15) is 52.9 Å². The van der Waals surface area contributed by atoms with Crippen molar-refractivity contribution in [2.45, 2.75) is 65.0 Å². The molecule has 0 aromatic rings. The van der Waals surface area contributed by atoms with Gasteiger partial charge in [-0.15, -0.1) is 0 Å². The summed E-state index contributed by atoms with van der Waals surface area (Å²) in [5, 5.41) is 13.4. The molecule has 90 valence electrons. The summed E-state index contributed by atoms with van der Waals surface area (Å²) < 4.78 is 0. The fourth-order valence-electron chi connectivity index (χ4n) is 2.06. The van der Waals surface area contributed by atoms with Crippen LogP contribution in [-0.2, 0) is 0 Å². The Labute approximate surface area is 94.5 Å². The summed E-state index contributed by atoms with van der Waals surface area (Å²) in [7, 11) is 0. The molecule has 0 aromatic carbocycles. The summed E-state index contributed by atoms with van der Waals surface area (Å²) >= 11 is 0. The summed E-state index contributed by atoms with van der Waals surface area (Å²) in [4.78, 5) is 0. The molecular formula is C13H27NO. The van der Waals surface area contributed by atoms with Crippen molar-refractivity contribution in [1.29, 1.82) is 0 Å². The zero-order valence-corrected chi connectivity index (χ0v) is 10.5. The highest BCUT2D eigenvalue weighted by atomic mass is 16.3. The van der Waals surface area contributed by atoms with E-state index in [1.807, 2.05) is 0 Å². The van der Waals surface area contributed by atoms with Crippen LogP contribution in [0.5, 0.6) is 0 Å². The lowest BCUT2D eigenvalue weighted by Crippen LogP contribution is -2.39. The van der Waals surface area contributed by atoms with Gasteiger partial charge < -0.3 is 10.4 Å². The Bertz CT molecular complexity index is 168. The van der Waals surface area contributed by atoms with Gasteiger partial charge in [-0.05, 0) is 31.1 Å². The summed E-state index contributed by atoms with van der Waals surface area (Å²) in [6, 6.07) is 0.661. The Morgan fingerprint density at radius 1 is 1.33 bits per heavy atom. The van der Waals surface area contributed by atoms with E-state index in [2.05, 4.69) is 26.1 Å². The number of aliphatic hydroxyl groups excluding tert-OH is 1. The van der Waals surface area contributed by atoms with Gasteiger partial charge in [-0.1, -0.05) is 33.6 Å². The number of nitrogens with one attached hydrogen (secondary N) is 1. The Kier molecular flexibility index (Phi) is 5.62. The van der Waals surface area contributed by atoms with Crippen LogP contribution < -0.4 is 5.32 Å². The first-order chi connectivity index (χ1) is 7.19. The minimum absolute atomic E-state index is 0.173. The van der Waals surface area contributed by atoms with Crippen LogP contribution in [-0.4, -0.2) is 23.8 Å². The molecule has 2 heteroatoms. The van der Waals surface area contributed by atoms with Gasteiger partial charge in [0.1, 0.15) is 0 Å². The highest BCUT2D eigenvalue weighted by Crippen LogP contribution is 2.34. The number of hydrogen-bond acceptors (Lipinski definition) is 2. The quantitative estimate of drug-likeness (QED) is 0.649. The van der Waals surface area contributed by atoms with Crippen molar-refractivity contribution in [1.82, 2.24) is 5.32 Å².